The molecule has 0 N–H and O–H groups in total. The number of fused-ring (bicyclic) bond motifs is 1. The maximum Gasteiger partial charge on any atom is 0.205 e. The Hall–Kier alpha value is -1.42. The lowest BCUT2D eigenvalue weighted by atomic mass is 9.87. The number of halogens is 1. The molecule has 0 radical (unpaired) electrons. The summed E-state index contributed by atoms with van der Waals surface area (Å²) in [4.78, 5) is 15.7. The topological polar surface area (TPSA) is 46.7 Å². The van der Waals surface area contributed by atoms with Gasteiger partial charge in [0.25, 0.3) is 0 Å². The van der Waals surface area contributed by atoms with Crippen LogP contribution < -0.4 is 0 Å². The summed E-state index contributed by atoms with van der Waals surface area (Å²) in [5, 5.41) is 3.75. The number of hydrogen-bond donors (Lipinski definition) is 0. The van der Waals surface area contributed by atoms with E-state index in [9.17, 15) is 4.91 Å². The lowest BCUT2D eigenvalue weighted by Crippen LogP contribution is -2.05. The van der Waals surface area contributed by atoms with Gasteiger partial charge in [-0.3, -0.25) is 4.40 Å². The van der Waals surface area contributed by atoms with Crippen molar-refractivity contribution < 1.29 is 0 Å². The van der Waals surface area contributed by atoms with Crippen molar-refractivity contribution in [3.8, 4) is 0 Å². The Morgan fingerprint density at radius 3 is 2.78 bits per heavy atom. The first-order valence-corrected chi connectivity index (χ1v) is 6.68. The molecule has 0 spiro atoms. The van der Waals surface area contributed by atoms with Gasteiger partial charge in [0.1, 0.15) is 5.65 Å². The molecule has 3 rings (SSSR count). The smallest absolute Gasteiger partial charge is 0.205 e. The molecule has 0 bridgehead atoms. The summed E-state index contributed by atoms with van der Waals surface area (Å²) in [5.74, 6) is 0.782. The molecule has 4 nitrogen and oxygen atoms in total. The van der Waals surface area contributed by atoms with Crippen LogP contribution in [0.3, 0.4) is 0 Å². The molecule has 0 amide bonds. The van der Waals surface area contributed by atoms with Crippen LogP contribution in [0.1, 0.15) is 43.7 Å². The molecule has 1 aliphatic carbocycles. The van der Waals surface area contributed by atoms with Crippen molar-refractivity contribution in [3.05, 3.63) is 34.0 Å². The summed E-state index contributed by atoms with van der Waals surface area (Å²) >= 11 is 5.95. The highest BCUT2D eigenvalue weighted by atomic mass is 35.5. The molecule has 2 heterocycles. The Balaban J connectivity index is 2.13. The number of rotatable bonds is 2. The quantitative estimate of drug-likeness (QED) is 0.752. The fraction of sp³-hybridized carbons (Fsp3) is 0.462. The highest BCUT2D eigenvalue weighted by Crippen LogP contribution is 2.37. The van der Waals surface area contributed by atoms with Gasteiger partial charge in [-0.2, -0.15) is 0 Å². The predicted octanol–water partition coefficient (Wildman–Crippen LogP) is 4.43. The first-order chi connectivity index (χ1) is 8.79. The maximum absolute atomic E-state index is 11.1. The van der Waals surface area contributed by atoms with Gasteiger partial charge in [-0.05, 0) is 30.2 Å². The van der Waals surface area contributed by atoms with Gasteiger partial charge in [0.05, 0.1) is 10.7 Å². The molecule has 1 fully saturated rings. The first kappa shape index (κ1) is 11.7. The minimum absolute atomic E-state index is 0.366. The number of aromatic nitrogens is 2. The number of pyridine rings is 1. The summed E-state index contributed by atoms with van der Waals surface area (Å²) in [6, 6.07) is 3.60. The molecule has 5 heteroatoms. The molecule has 94 valence electrons. The third kappa shape index (κ3) is 1.90. The Morgan fingerprint density at radius 2 is 2.06 bits per heavy atom. The SMILES string of the molecule is O=Nc1c(C2CCCCC2)nc2ccc(Cl)cn12. The van der Waals surface area contributed by atoms with Crippen LogP contribution in [0, 0.1) is 4.91 Å². The van der Waals surface area contributed by atoms with Gasteiger partial charge in [-0.15, -0.1) is 4.91 Å². The summed E-state index contributed by atoms with van der Waals surface area (Å²) in [6.45, 7) is 0. The molecule has 0 unspecified atom stereocenters. The van der Waals surface area contributed by atoms with E-state index in [1.165, 1.54) is 19.3 Å². The number of imidazole rings is 1. The molecule has 0 atom stereocenters. The summed E-state index contributed by atoms with van der Waals surface area (Å²) < 4.78 is 1.69. The maximum atomic E-state index is 11.1. The van der Waals surface area contributed by atoms with Crippen LogP contribution in [0.4, 0.5) is 5.82 Å². The molecule has 1 saturated carbocycles. The van der Waals surface area contributed by atoms with Crippen molar-refractivity contribution in [2.45, 2.75) is 38.0 Å². The van der Waals surface area contributed by atoms with Gasteiger partial charge in [-0.1, -0.05) is 30.9 Å². The van der Waals surface area contributed by atoms with Crippen LogP contribution in [0.25, 0.3) is 5.65 Å². The third-order valence-electron chi connectivity index (χ3n) is 3.66. The van der Waals surface area contributed by atoms with E-state index in [4.69, 9.17) is 11.6 Å². The average Bonchev–Trinajstić information content (AvgIpc) is 2.77. The Kier molecular flexibility index (Phi) is 3.04. The Bertz CT molecular complexity index is 587. The van der Waals surface area contributed by atoms with E-state index >= 15 is 0 Å². The monoisotopic (exact) mass is 263 g/mol. The molecule has 0 aromatic carbocycles. The van der Waals surface area contributed by atoms with Crippen molar-refractivity contribution in [1.29, 1.82) is 0 Å². The highest BCUT2D eigenvalue weighted by Gasteiger charge is 2.23. The lowest BCUT2D eigenvalue weighted by Gasteiger charge is -2.19. The lowest BCUT2D eigenvalue weighted by molar-refractivity contribution is 0.438. The Morgan fingerprint density at radius 1 is 1.28 bits per heavy atom. The zero-order chi connectivity index (χ0) is 12.5. The van der Waals surface area contributed by atoms with Crippen molar-refractivity contribution in [3.63, 3.8) is 0 Å². The Labute approximate surface area is 110 Å². The molecule has 0 aliphatic heterocycles. The summed E-state index contributed by atoms with van der Waals surface area (Å²) in [5.41, 5.74) is 1.58. The first-order valence-electron chi connectivity index (χ1n) is 6.30. The van der Waals surface area contributed by atoms with E-state index in [0.717, 1.165) is 24.2 Å². The molecule has 0 saturated heterocycles. The van der Waals surface area contributed by atoms with Gasteiger partial charge in [0, 0.05) is 12.1 Å². The van der Waals surface area contributed by atoms with Gasteiger partial charge in [0.2, 0.25) is 5.82 Å². The second-order valence-electron chi connectivity index (χ2n) is 4.82. The molecule has 1 aliphatic rings. The van der Waals surface area contributed by atoms with Crippen molar-refractivity contribution in [2.24, 2.45) is 5.18 Å². The molecular weight excluding hydrogens is 250 g/mol. The zero-order valence-electron chi connectivity index (χ0n) is 9.97. The van der Waals surface area contributed by atoms with Crippen LogP contribution in [0.5, 0.6) is 0 Å². The van der Waals surface area contributed by atoms with Crippen LogP contribution >= 0.6 is 11.6 Å². The highest BCUT2D eigenvalue weighted by molar-refractivity contribution is 6.30. The van der Waals surface area contributed by atoms with Crippen LogP contribution in [0.2, 0.25) is 5.02 Å². The normalized spacial score (nSPS) is 17.2. The number of hydrogen-bond acceptors (Lipinski definition) is 3. The molecule has 2 aromatic rings. The minimum atomic E-state index is 0.366. The van der Waals surface area contributed by atoms with Gasteiger partial charge >= 0.3 is 0 Å². The minimum Gasteiger partial charge on any atom is -0.280 e. The largest absolute Gasteiger partial charge is 0.280 e. The van der Waals surface area contributed by atoms with E-state index in [2.05, 4.69) is 10.2 Å². The average molecular weight is 264 g/mol. The van der Waals surface area contributed by atoms with E-state index in [-0.39, 0.29) is 0 Å². The number of nitrogens with zero attached hydrogens (tertiary/aromatic N) is 3. The van der Waals surface area contributed by atoms with E-state index in [1.807, 2.05) is 6.07 Å². The van der Waals surface area contributed by atoms with Crippen LogP contribution in [-0.2, 0) is 0 Å². The zero-order valence-corrected chi connectivity index (χ0v) is 10.7. The third-order valence-corrected chi connectivity index (χ3v) is 3.89. The standard InChI is InChI=1S/C13H14ClN3O/c14-10-6-7-11-15-12(9-4-2-1-3-5-9)13(16-18)17(11)8-10/h6-9H,1-5H2. The fourth-order valence-electron chi connectivity index (χ4n) is 2.77. The second kappa shape index (κ2) is 4.69. The van der Waals surface area contributed by atoms with Crippen molar-refractivity contribution in [1.82, 2.24) is 9.38 Å². The van der Waals surface area contributed by atoms with Gasteiger partial charge in [-0.25, -0.2) is 4.98 Å². The molecule has 2 aromatic heterocycles. The summed E-state index contributed by atoms with van der Waals surface area (Å²) in [6.07, 6.45) is 7.59. The van der Waals surface area contributed by atoms with Gasteiger partial charge < -0.3 is 0 Å². The number of nitroso groups, excluding NO2 is 1. The van der Waals surface area contributed by atoms with E-state index in [1.54, 1.807) is 16.7 Å². The summed E-state index contributed by atoms with van der Waals surface area (Å²) in [7, 11) is 0. The van der Waals surface area contributed by atoms with Crippen molar-refractivity contribution >= 4 is 23.1 Å². The fourth-order valence-corrected chi connectivity index (χ4v) is 2.93. The molecular formula is C13H14ClN3O. The van der Waals surface area contributed by atoms with E-state index < -0.39 is 0 Å². The van der Waals surface area contributed by atoms with Gasteiger partial charge in [0.15, 0.2) is 0 Å². The molecule has 18 heavy (non-hydrogen) atoms. The second-order valence-corrected chi connectivity index (χ2v) is 5.26. The van der Waals surface area contributed by atoms with Crippen molar-refractivity contribution in [2.75, 3.05) is 0 Å². The van der Waals surface area contributed by atoms with E-state index in [0.29, 0.717) is 16.8 Å². The van der Waals surface area contributed by atoms with Crippen LogP contribution in [-0.4, -0.2) is 9.38 Å². The van der Waals surface area contributed by atoms with Crippen LogP contribution in [0.15, 0.2) is 23.5 Å². The predicted molar refractivity (Wildman–Crippen MR) is 71.5 cm³/mol.